The molecule has 1 saturated heterocycles. The Kier molecular flexibility index (Phi) is 8.34. The number of fused-ring (bicyclic) bond motifs is 1. The second-order valence-electron chi connectivity index (χ2n) is 9.94. The van der Waals surface area contributed by atoms with Gasteiger partial charge in [0.2, 0.25) is 0 Å². The quantitative estimate of drug-likeness (QED) is 0.352. The van der Waals surface area contributed by atoms with Crippen LogP contribution >= 0.6 is 0 Å². The number of nitrogens with one attached hydrogen (secondary N) is 1. The molecule has 5 rings (SSSR count). The Balaban J connectivity index is 1.22. The van der Waals surface area contributed by atoms with E-state index in [0.29, 0.717) is 29.1 Å². The molecule has 0 atom stereocenters. The SMILES string of the molecule is CN1CCN(CCCNC(=O)c2ccc(C=C3Oc4ccccc4N(Cc4ccccc4F)C3=O)cc2)CC1. The summed E-state index contributed by atoms with van der Waals surface area (Å²) in [7, 11) is 2.14. The normalized spacial score (nSPS) is 17.1. The highest BCUT2D eigenvalue weighted by Crippen LogP contribution is 2.36. The molecular weight excluding hydrogens is 495 g/mol. The number of anilines is 1. The van der Waals surface area contributed by atoms with E-state index in [1.165, 1.54) is 11.0 Å². The minimum atomic E-state index is -0.368. The highest BCUT2D eigenvalue weighted by atomic mass is 19.1. The molecule has 1 N–H and O–H groups in total. The van der Waals surface area contributed by atoms with E-state index in [2.05, 4.69) is 22.2 Å². The maximum atomic E-state index is 14.4. The molecule has 39 heavy (non-hydrogen) atoms. The van der Waals surface area contributed by atoms with Crippen LogP contribution in [0.25, 0.3) is 6.08 Å². The van der Waals surface area contributed by atoms with Crippen molar-refractivity contribution in [1.82, 2.24) is 15.1 Å². The molecule has 7 nitrogen and oxygen atoms in total. The molecule has 0 saturated carbocycles. The molecule has 0 aliphatic carbocycles. The van der Waals surface area contributed by atoms with E-state index in [4.69, 9.17) is 4.74 Å². The third-order valence-electron chi connectivity index (χ3n) is 7.12. The van der Waals surface area contributed by atoms with Crippen molar-refractivity contribution in [3.63, 3.8) is 0 Å². The van der Waals surface area contributed by atoms with Crippen molar-refractivity contribution < 1.29 is 18.7 Å². The zero-order valence-electron chi connectivity index (χ0n) is 22.1. The van der Waals surface area contributed by atoms with Gasteiger partial charge in [0.05, 0.1) is 12.2 Å². The zero-order valence-corrected chi connectivity index (χ0v) is 22.1. The summed E-state index contributed by atoms with van der Waals surface area (Å²) < 4.78 is 20.3. The van der Waals surface area contributed by atoms with Gasteiger partial charge in [-0.3, -0.25) is 14.5 Å². The Morgan fingerprint density at radius 2 is 1.69 bits per heavy atom. The van der Waals surface area contributed by atoms with Gasteiger partial charge in [-0.2, -0.15) is 0 Å². The molecule has 2 amide bonds. The fraction of sp³-hybridized carbons (Fsp3) is 0.290. The summed E-state index contributed by atoms with van der Waals surface area (Å²) in [5.74, 6) is -0.201. The number of piperazine rings is 1. The number of carbonyl (C=O) groups is 2. The molecule has 3 aromatic carbocycles. The van der Waals surface area contributed by atoms with E-state index in [-0.39, 0.29) is 29.9 Å². The minimum absolute atomic E-state index is 0.0805. The lowest BCUT2D eigenvalue weighted by molar-refractivity contribution is -0.117. The Morgan fingerprint density at radius 1 is 0.974 bits per heavy atom. The first-order chi connectivity index (χ1) is 19.0. The van der Waals surface area contributed by atoms with Crippen LogP contribution in [-0.4, -0.2) is 67.9 Å². The fourth-order valence-corrected chi connectivity index (χ4v) is 4.78. The van der Waals surface area contributed by atoms with Gasteiger partial charge in [-0.25, -0.2) is 4.39 Å². The molecule has 2 aliphatic rings. The molecule has 2 aliphatic heterocycles. The average molecular weight is 529 g/mol. The van der Waals surface area contributed by atoms with E-state index in [0.717, 1.165) is 44.7 Å². The van der Waals surface area contributed by atoms with E-state index < -0.39 is 0 Å². The van der Waals surface area contributed by atoms with Gasteiger partial charge >= 0.3 is 0 Å². The number of para-hydroxylation sites is 2. The molecule has 3 aromatic rings. The van der Waals surface area contributed by atoms with E-state index in [1.54, 1.807) is 60.7 Å². The zero-order chi connectivity index (χ0) is 27.2. The van der Waals surface area contributed by atoms with Gasteiger partial charge in [-0.05, 0) is 62.0 Å². The number of ether oxygens (including phenoxy) is 1. The predicted octanol–water partition coefficient (Wildman–Crippen LogP) is 4.16. The topological polar surface area (TPSA) is 65.1 Å². The van der Waals surface area contributed by atoms with Gasteiger partial charge in [0, 0.05) is 43.9 Å². The lowest BCUT2D eigenvalue weighted by Crippen LogP contribution is -2.45. The summed E-state index contributed by atoms with van der Waals surface area (Å²) >= 11 is 0. The second kappa shape index (κ2) is 12.2. The number of benzene rings is 3. The van der Waals surface area contributed by atoms with Crippen LogP contribution in [0, 0.1) is 5.82 Å². The molecule has 0 spiro atoms. The largest absolute Gasteiger partial charge is 0.449 e. The van der Waals surface area contributed by atoms with Crippen LogP contribution < -0.4 is 15.0 Å². The van der Waals surface area contributed by atoms with Crippen LogP contribution in [0.2, 0.25) is 0 Å². The third kappa shape index (κ3) is 6.53. The highest BCUT2D eigenvalue weighted by molar-refractivity contribution is 6.09. The Bertz CT molecular complexity index is 1350. The van der Waals surface area contributed by atoms with Crippen LogP contribution in [-0.2, 0) is 11.3 Å². The fourth-order valence-electron chi connectivity index (χ4n) is 4.78. The summed E-state index contributed by atoms with van der Waals surface area (Å²) in [4.78, 5) is 32.3. The predicted molar refractivity (Wildman–Crippen MR) is 150 cm³/mol. The van der Waals surface area contributed by atoms with Gasteiger partial charge < -0.3 is 19.9 Å². The number of amides is 2. The van der Waals surface area contributed by atoms with E-state index in [9.17, 15) is 14.0 Å². The van der Waals surface area contributed by atoms with Crippen LogP contribution in [0.5, 0.6) is 5.75 Å². The number of nitrogens with zero attached hydrogens (tertiary/aromatic N) is 3. The number of halogens is 1. The molecule has 0 aromatic heterocycles. The van der Waals surface area contributed by atoms with Gasteiger partial charge in [0.1, 0.15) is 5.82 Å². The second-order valence-corrected chi connectivity index (χ2v) is 9.94. The minimum Gasteiger partial charge on any atom is -0.449 e. The molecule has 1 fully saturated rings. The van der Waals surface area contributed by atoms with Crippen molar-refractivity contribution in [3.05, 3.63) is 101 Å². The first kappa shape index (κ1) is 26.6. The van der Waals surface area contributed by atoms with Crippen LogP contribution in [0.1, 0.15) is 27.9 Å². The summed E-state index contributed by atoms with van der Waals surface area (Å²) in [5, 5.41) is 2.99. The van der Waals surface area contributed by atoms with Crippen molar-refractivity contribution in [2.75, 3.05) is 51.2 Å². The number of hydrogen-bond acceptors (Lipinski definition) is 5. The number of rotatable bonds is 8. The summed E-state index contributed by atoms with van der Waals surface area (Å²) in [6.45, 7) is 5.99. The van der Waals surface area contributed by atoms with E-state index >= 15 is 0 Å². The smallest absolute Gasteiger partial charge is 0.294 e. The van der Waals surface area contributed by atoms with Gasteiger partial charge in [0.25, 0.3) is 11.8 Å². The maximum Gasteiger partial charge on any atom is 0.294 e. The van der Waals surface area contributed by atoms with Gasteiger partial charge in [-0.15, -0.1) is 0 Å². The van der Waals surface area contributed by atoms with Gasteiger partial charge in [-0.1, -0.05) is 42.5 Å². The van der Waals surface area contributed by atoms with Crippen molar-refractivity contribution in [2.24, 2.45) is 0 Å². The standard InChI is InChI=1S/C31H33FN4O3/c1-34-17-19-35(20-18-34)16-6-15-33-30(37)24-13-11-23(12-14-24)21-29-31(38)36(22-25-7-2-3-8-26(25)32)27-9-4-5-10-28(27)39-29/h2-5,7-14,21H,6,15-20,22H2,1H3,(H,33,37). The monoisotopic (exact) mass is 528 g/mol. The molecule has 0 unspecified atom stereocenters. The summed E-state index contributed by atoms with van der Waals surface area (Å²) in [6.07, 6.45) is 2.55. The Hall–Kier alpha value is -4.01. The molecule has 202 valence electrons. The number of carbonyl (C=O) groups excluding carboxylic acids is 2. The summed E-state index contributed by atoms with van der Waals surface area (Å²) in [6, 6.07) is 20.7. The first-order valence-corrected chi connectivity index (χ1v) is 13.3. The van der Waals surface area contributed by atoms with E-state index in [1.807, 2.05) is 12.1 Å². The highest BCUT2D eigenvalue weighted by Gasteiger charge is 2.30. The lowest BCUT2D eigenvalue weighted by atomic mass is 10.1. The van der Waals surface area contributed by atoms with Crippen LogP contribution in [0.4, 0.5) is 10.1 Å². The maximum absolute atomic E-state index is 14.4. The lowest BCUT2D eigenvalue weighted by Gasteiger charge is -2.32. The van der Waals surface area contributed by atoms with Crippen LogP contribution in [0.3, 0.4) is 0 Å². The molecule has 8 heteroatoms. The van der Waals surface area contributed by atoms with Crippen molar-refractivity contribution >= 4 is 23.6 Å². The molecule has 0 bridgehead atoms. The van der Waals surface area contributed by atoms with Crippen molar-refractivity contribution in [3.8, 4) is 5.75 Å². The Morgan fingerprint density at radius 3 is 2.46 bits per heavy atom. The first-order valence-electron chi connectivity index (χ1n) is 13.3. The van der Waals surface area contributed by atoms with Gasteiger partial charge in [0.15, 0.2) is 11.5 Å². The van der Waals surface area contributed by atoms with Crippen LogP contribution in [0.15, 0.2) is 78.6 Å². The van der Waals surface area contributed by atoms with Crippen molar-refractivity contribution in [1.29, 1.82) is 0 Å². The molecular formula is C31H33FN4O3. The number of likely N-dealkylation sites (N-methyl/N-ethyl adjacent to an activating group) is 1. The van der Waals surface area contributed by atoms with Crippen molar-refractivity contribution in [2.45, 2.75) is 13.0 Å². The molecule has 0 radical (unpaired) electrons. The Labute approximate surface area is 228 Å². The third-order valence-corrected chi connectivity index (χ3v) is 7.12. The molecule has 2 heterocycles. The summed E-state index contributed by atoms with van der Waals surface area (Å²) in [5.41, 5.74) is 2.28. The average Bonchev–Trinajstić information content (AvgIpc) is 2.95. The number of hydrogen-bond donors (Lipinski definition) is 1.